The van der Waals surface area contributed by atoms with E-state index in [1.807, 2.05) is 59.0 Å². The molecule has 1 amide bonds. The Morgan fingerprint density at radius 1 is 1.11 bits per heavy atom. The van der Waals surface area contributed by atoms with Crippen molar-refractivity contribution >= 4 is 39.9 Å². The Morgan fingerprint density at radius 3 is 2.54 bits per heavy atom. The lowest BCUT2D eigenvalue weighted by molar-refractivity contribution is -0.384. The van der Waals surface area contributed by atoms with Crippen LogP contribution in [-0.2, 0) is 6.42 Å². The lowest BCUT2D eigenvalue weighted by Gasteiger charge is -2.12. The van der Waals surface area contributed by atoms with E-state index in [-0.39, 0.29) is 11.3 Å². The number of carbonyl (C=O) groups excluding carboxylic acids is 1. The van der Waals surface area contributed by atoms with Gasteiger partial charge < -0.3 is 10.1 Å². The van der Waals surface area contributed by atoms with Crippen LogP contribution in [0.4, 0.5) is 11.4 Å². The van der Waals surface area contributed by atoms with Crippen LogP contribution in [0.2, 0.25) is 0 Å². The second kappa shape index (κ2) is 8.83. The van der Waals surface area contributed by atoms with Crippen LogP contribution < -0.4 is 10.1 Å². The third-order valence-electron chi connectivity index (χ3n) is 4.18. The van der Waals surface area contributed by atoms with Crippen molar-refractivity contribution in [3.63, 3.8) is 0 Å². The molecule has 3 rings (SSSR count). The van der Waals surface area contributed by atoms with E-state index >= 15 is 0 Å². The van der Waals surface area contributed by atoms with Crippen LogP contribution >= 0.6 is 22.6 Å². The average Bonchev–Trinajstić information content (AvgIpc) is 2.69. The highest BCUT2D eigenvalue weighted by Gasteiger charge is 2.16. The summed E-state index contributed by atoms with van der Waals surface area (Å²) in [6.45, 7) is 0. The highest BCUT2D eigenvalue weighted by molar-refractivity contribution is 14.1. The SMILES string of the molecule is COc1ccc(NC(=O)c2cc([N+](=O)[O-])ccc2I)cc1Cc1ccccc1. The molecule has 0 aliphatic carbocycles. The van der Waals surface area contributed by atoms with Crippen LogP contribution in [0.15, 0.2) is 66.7 Å². The van der Waals surface area contributed by atoms with Gasteiger partial charge in [-0.2, -0.15) is 0 Å². The van der Waals surface area contributed by atoms with Gasteiger partial charge in [-0.05, 0) is 52.4 Å². The number of anilines is 1. The number of hydrogen-bond donors (Lipinski definition) is 1. The van der Waals surface area contributed by atoms with Gasteiger partial charge in [0, 0.05) is 33.4 Å². The molecule has 0 atom stereocenters. The molecule has 1 N–H and O–H groups in total. The summed E-state index contributed by atoms with van der Waals surface area (Å²) in [6.07, 6.45) is 0.655. The van der Waals surface area contributed by atoms with Gasteiger partial charge >= 0.3 is 0 Å². The topological polar surface area (TPSA) is 81.5 Å². The number of halogens is 1. The van der Waals surface area contributed by atoms with E-state index in [1.54, 1.807) is 25.3 Å². The summed E-state index contributed by atoms with van der Waals surface area (Å²) < 4.78 is 6.07. The molecular weight excluding hydrogens is 471 g/mol. The van der Waals surface area contributed by atoms with Crippen molar-refractivity contribution in [1.82, 2.24) is 0 Å². The molecule has 0 aromatic heterocycles. The molecule has 6 nitrogen and oxygen atoms in total. The fraction of sp³-hybridized carbons (Fsp3) is 0.0952. The van der Waals surface area contributed by atoms with Crippen molar-refractivity contribution in [2.24, 2.45) is 0 Å². The van der Waals surface area contributed by atoms with Gasteiger partial charge in [-0.1, -0.05) is 30.3 Å². The molecule has 0 saturated heterocycles. The molecule has 3 aromatic rings. The molecule has 3 aromatic carbocycles. The van der Waals surface area contributed by atoms with Crippen LogP contribution in [-0.4, -0.2) is 17.9 Å². The van der Waals surface area contributed by atoms with Crippen molar-refractivity contribution in [1.29, 1.82) is 0 Å². The fourth-order valence-corrected chi connectivity index (χ4v) is 3.39. The number of methoxy groups -OCH3 is 1. The molecule has 0 spiro atoms. The van der Waals surface area contributed by atoms with Gasteiger partial charge in [0.15, 0.2) is 0 Å². The largest absolute Gasteiger partial charge is 0.496 e. The van der Waals surface area contributed by atoms with E-state index in [0.717, 1.165) is 16.9 Å². The number of ether oxygens (including phenoxy) is 1. The summed E-state index contributed by atoms with van der Waals surface area (Å²) in [4.78, 5) is 23.1. The number of carbonyl (C=O) groups is 1. The maximum absolute atomic E-state index is 12.7. The number of benzene rings is 3. The van der Waals surface area contributed by atoms with Gasteiger partial charge in [0.05, 0.1) is 17.6 Å². The van der Waals surface area contributed by atoms with E-state index in [9.17, 15) is 14.9 Å². The Bertz CT molecular complexity index is 1020. The van der Waals surface area contributed by atoms with Crippen molar-refractivity contribution in [2.75, 3.05) is 12.4 Å². The summed E-state index contributed by atoms with van der Waals surface area (Å²) >= 11 is 1.99. The van der Waals surface area contributed by atoms with Crippen LogP contribution in [0.25, 0.3) is 0 Å². The van der Waals surface area contributed by atoms with E-state index < -0.39 is 10.8 Å². The molecule has 0 saturated carbocycles. The Morgan fingerprint density at radius 2 is 1.86 bits per heavy atom. The fourth-order valence-electron chi connectivity index (χ4n) is 2.81. The van der Waals surface area contributed by atoms with E-state index in [4.69, 9.17) is 4.74 Å². The summed E-state index contributed by atoms with van der Waals surface area (Å²) in [5.41, 5.74) is 2.79. The highest BCUT2D eigenvalue weighted by Crippen LogP contribution is 2.26. The second-order valence-corrected chi connectivity index (χ2v) is 7.23. The number of nitro groups is 1. The van der Waals surface area contributed by atoms with Gasteiger partial charge in [0.1, 0.15) is 5.75 Å². The number of nitro benzene ring substituents is 1. The monoisotopic (exact) mass is 488 g/mol. The number of amides is 1. The summed E-state index contributed by atoms with van der Waals surface area (Å²) in [7, 11) is 1.60. The van der Waals surface area contributed by atoms with Crippen LogP contribution in [0.1, 0.15) is 21.5 Å². The molecular formula is C21H17IN2O4. The Kier molecular flexibility index (Phi) is 6.25. The number of hydrogen-bond acceptors (Lipinski definition) is 4. The molecule has 0 fully saturated rings. The molecule has 28 heavy (non-hydrogen) atoms. The maximum atomic E-state index is 12.7. The number of nitrogens with one attached hydrogen (secondary N) is 1. The smallest absolute Gasteiger partial charge is 0.270 e. The van der Waals surface area contributed by atoms with Crippen molar-refractivity contribution < 1.29 is 14.5 Å². The Balaban J connectivity index is 1.86. The summed E-state index contributed by atoms with van der Waals surface area (Å²) in [5, 5.41) is 13.8. The van der Waals surface area contributed by atoms with Crippen LogP contribution in [0, 0.1) is 13.7 Å². The number of nitrogens with zero attached hydrogens (tertiary/aromatic N) is 1. The normalized spacial score (nSPS) is 10.4. The first-order chi connectivity index (χ1) is 13.5. The van der Waals surface area contributed by atoms with Gasteiger partial charge in [0.2, 0.25) is 0 Å². The van der Waals surface area contributed by atoms with Gasteiger partial charge in [0.25, 0.3) is 11.6 Å². The van der Waals surface area contributed by atoms with Crippen LogP contribution in [0.3, 0.4) is 0 Å². The maximum Gasteiger partial charge on any atom is 0.270 e. The highest BCUT2D eigenvalue weighted by atomic mass is 127. The molecule has 142 valence electrons. The molecule has 0 aliphatic heterocycles. The Labute approximate surface area is 175 Å². The predicted octanol–water partition coefficient (Wildman–Crippen LogP) is 5.05. The zero-order valence-electron chi connectivity index (χ0n) is 15.0. The predicted molar refractivity (Wildman–Crippen MR) is 116 cm³/mol. The van der Waals surface area contributed by atoms with Gasteiger partial charge in [-0.25, -0.2) is 0 Å². The zero-order valence-corrected chi connectivity index (χ0v) is 17.2. The lowest BCUT2D eigenvalue weighted by Crippen LogP contribution is -2.14. The second-order valence-electron chi connectivity index (χ2n) is 6.06. The average molecular weight is 488 g/mol. The van der Waals surface area contributed by atoms with E-state index in [2.05, 4.69) is 5.32 Å². The first-order valence-electron chi connectivity index (χ1n) is 8.44. The third-order valence-corrected chi connectivity index (χ3v) is 5.12. The third kappa shape index (κ3) is 4.66. The van der Waals surface area contributed by atoms with Crippen molar-refractivity contribution in [3.05, 3.63) is 97.1 Å². The van der Waals surface area contributed by atoms with Gasteiger partial charge in [-0.15, -0.1) is 0 Å². The minimum absolute atomic E-state index is 0.120. The molecule has 0 unspecified atom stereocenters. The molecule has 7 heteroatoms. The first-order valence-corrected chi connectivity index (χ1v) is 9.52. The van der Waals surface area contributed by atoms with Crippen LogP contribution in [0.5, 0.6) is 5.75 Å². The molecule has 0 aliphatic rings. The van der Waals surface area contributed by atoms with Crippen molar-refractivity contribution in [3.8, 4) is 5.75 Å². The first kappa shape index (κ1) is 19.8. The molecule has 0 radical (unpaired) electrons. The summed E-state index contributed by atoms with van der Waals surface area (Å²) in [5.74, 6) is 0.329. The Hall–Kier alpha value is -2.94. The van der Waals surface area contributed by atoms with E-state index in [0.29, 0.717) is 15.7 Å². The standard InChI is InChI=1S/C21H17IN2O4/c1-28-20-10-7-16(12-15(20)11-14-5-3-2-4-6-14)23-21(25)18-13-17(24(26)27)8-9-19(18)22/h2-10,12-13H,11H2,1H3,(H,23,25). The van der Waals surface area contributed by atoms with Crippen molar-refractivity contribution in [2.45, 2.75) is 6.42 Å². The van der Waals surface area contributed by atoms with Gasteiger partial charge in [-0.3, -0.25) is 14.9 Å². The molecule has 0 bridgehead atoms. The minimum atomic E-state index is -0.516. The lowest BCUT2D eigenvalue weighted by atomic mass is 10.0. The molecule has 0 heterocycles. The summed E-state index contributed by atoms with van der Waals surface area (Å²) in [6, 6.07) is 19.6. The number of non-ortho nitro benzene ring substituents is 1. The quantitative estimate of drug-likeness (QED) is 0.299. The zero-order chi connectivity index (χ0) is 20.1. The number of rotatable bonds is 6. The minimum Gasteiger partial charge on any atom is -0.496 e. The van der Waals surface area contributed by atoms with E-state index in [1.165, 1.54) is 12.1 Å².